The van der Waals surface area contributed by atoms with Crippen LogP contribution >= 0.6 is 11.3 Å². The summed E-state index contributed by atoms with van der Waals surface area (Å²) in [5.74, 6) is 0. The third-order valence-corrected chi connectivity index (χ3v) is 4.50. The van der Waals surface area contributed by atoms with Gasteiger partial charge in [0.1, 0.15) is 0 Å². The first-order chi connectivity index (χ1) is 7.72. The molecule has 0 amide bonds. The second-order valence-corrected chi connectivity index (χ2v) is 5.81. The van der Waals surface area contributed by atoms with Crippen molar-refractivity contribution in [2.75, 3.05) is 6.54 Å². The lowest BCUT2D eigenvalue weighted by molar-refractivity contribution is 0.629. The summed E-state index contributed by atoms with van der Waals surface area (Å²) in [5.41, 5.74) is 2.82. The van der Waals surface area contributed by atoms with E-state index in [0.29, 0.717) is 6.04 Å². The number of hydrogen-bond donors (Lipinski definition) is 1. The minimum absolute atomic E-state index is 0.362. The third kappa shape index (κ3) is 2.38. The third-order valence-electron chi connectivity index (χ3n) is 3.20. The van der Waals surface area contributed by atoms with E-state index in [2.05, 4.69) is 31.8 Å². The van der Waals surface area contributed by atoms with Crippen molar-refractivity contribution < 1.29 is 0 Å². The number of fused-ring (bicyclic) bond motifs is 1. The number of likely N-dealkylation sites (N-methyl/N-ethyl adjacent to an activating group) is 1. The fourth-order valence-electron chi connectivity index (χ4n) is 2.38. The number of rotatable bonds is 4. The highest BCUT2D eigenvalue weighted by atomic mass is 32.1. The van der Waals surface area contributed by atoms with Crippen LogP contribution in [0.5, 0.6) is 0 Å². The minimum Gasteiger partial charge on any atom is -0.306 e. The molecule has 0 saturated carbocycles. The van der Waals surface area contributed by atoms with Gasteiger partial charge in [0.25, 0.3) is 0 Å². The van der Waals surface area contributed by atoms with Crippen LogP contribution in [0.4, 0.5) is 0 Å². The van der Waals surface area contributed by atoms with Crippen LogP contribution in [0.25, 0.3) is 0 Å². The Balaban J connectivity index is 2.24. The largest absolute Gasteiger partial charge is 0.306 e. The van der Waals surface area contributed by atoms with E-state index in [1.165, 1.54) is 36.1 Å². The van der Waals surface area contributed by atoms with Gasteiger partial charge in [-0.05, 0) is 50.8 Å². The molecule has 0 aliphatic heterocycles. The average molecular weight is 235 g/mol. The summed E-state index contributed by atoms with van der Waals surface area (Å²) in [6, 6.07) is 2.77. The molecular weight excluding hydrogens is 214 g/mol. The van der Waals surface area contributed by atoms with Gasteiger partial charge < -0.3 is 5.32 Å². The molecule has 0 aromatic carbocycles. The predicted molar refractivity (Wildman–Crippen MR) is 72.2 cm³/mol. The summed E-state index contributed by atoms with van der Waals surface area (Å²) in [6.07, 6.45) is 5.30. The van der Waals surface area contributed by atoms with E-state index < -0.39 is 0 Å². The van der Waals surface area contributed by atoms with E-state index in [1.54, 1.807) is 10.4 Å². The molecule has 1 aromatic heterocycles. The van der Waals surface area contributed by atoms with E-state index in [9.17, 15) is 0 Å². The highest BCUT2D eigenvalue weighted by molar-refractivity contribution is 7.12. The molecule has 2 rings (SSSR count). The van der Waals surface area contributed by atoms with Crippen LogP contribution in [0.3, 0.4) is 0 Å². The van der Waals surface area contributed by atoms with Gasteiger partial charge in [-0.1, -0.05) is 19.1 Å². The van der Waals surface area contributed by atoms with Crippen molar-refractivity contribution >= 4 is 11.3 Å². The molecule has 1 N–H and O–H groups in total. The molecule has 0 saturated heterocycles. The number of hydrogen-bond acceptors (Lipinski definition) is 2. The Morgan fingerprint density at radius 1 is 1.50 bits per heavy atom. The van der Waals surface area contributed by atoms with Crippen LogP contribution in [-0.2, 0) is 12.8 Å². The first kappa shape index (κ1) is 11.9. The Labute approximate surface area is 103 Å². The fraction of sp³-hybridized carbons (Fsp3) is 0.571. The van der Waals surface area contributed by atoms with Gasteiger partial charge in [0, 0.05) is 9.75 Å². The van der Waals surface area contributed by atoms with Crippen LogP contribution in [0, 0.1) is 0 Å². The standard InChI is InChI=1S/C14H21NS/c1-4-15-14(10(2)3)13-9-11-7-5-6-8-12(11)16-13/h9,14-15H,2,4-8H2,1,3H3. The highest BCUT2D eigenvalue weighted by Crippen LogP contribution is 2.34. The van der Waals surface area contributed by atoms with Gasteiger partial charge in [0.2, 0.25) is 0 Å². The molecular formula is C14H21NS. The number of nitrogens with one attached hydrogen (secondary N) is 1. The summed E-state index contributed by atoms with van der Waals surface area (Å²) in [4.78, 5) is 3.08. The molecule has 1 aliphatic carbocycles. The second kappa shape index (κ2) is 5.15. The molecule has 1 unspecified atom stereocenters. The summed E-state index contributed by atoms with van der Waals surface area (Å²) < 4.78 is 0. The Kier molecular flexibility index (Phi) is 3.82. The molecule has 0 spiro atoms. The van der Waals surface area contributed by atoms with Crippen molar-refractivity contribution in [3.8, 4) is 0 Å². The van der Waals surface area contributed by atoms with Gasteiger partial charge in [-0.15, -0.1) is 11.3 Å². The van der Waals surface area contributed by atoms with Crippen LogP contribution in [0.2, 0.25) is 0 Å². The molecule has 16 heavy (non-hydrogen) atoms. The maximum Gasteiger partial charge on any atom is 0.0625 e. The lowest BCUT2D eigenvalue weighted by atomic mass is 9.98. The van der Waals surface area contributed by atoms with Crippen molar-refractivity contribution in [1.29, 1.82) is 0 Å². The smallest absolute Gasteiger partial charge is 0.0625 e. The quantitative estimate of drug-likeness (QED) is 0.782. The number of aryl methyl sites for hydroxylation is 2. The fourth-order valence-corrected chi connectivity index (χ4v) is 3.80. The van der Waals surface area contributed by atoms with Gasteiger partial charge in [-0.25, -0.2) is 0 Å². The zero-order valence-corrected chi connectivity index (χ0v) is 11.1. The lowest BCUT2D eigenvalue weighted by Crippen LogP contribution is -2.20. The summed E-state index contributed by atoms with van der Waals surface area (Å²) in [7, 11) is 0. The molecule has 1 aromatic rings. The Morgan fingerprint density at radius 3 is 2.88 bits per heavy atom. The molecule has 1 heterocycles. The number of thiophene rings is 1. The van der Waals surface area contributed by atoms with Crippen LogP contribution in [0.1, 0.15) is 48.0 Å². The SMILES string of the molecule is C=C(C)C(NCC)c1cc2c(s1)CCCC2. The predicted octanol–water partition coefficient (Wildman–Crippen LogP) is 3.85. The van der Waals surface area contributed by atoms with Gasteiger partial charge in [0.15, 0.2) is 0 Å². The maximum absolute atomic E-state index is 4.10. The first-order valence-electron chi connectivity index (χ1n) is 6.22. The second-order valence-electron chi connectivity index (χ2n) is 4.64. The van der Waals surface area contributed by atoms with Crippen LogP contribution < -0.4 is 5.32 Å². The molecule has 0 radical (unpaired) electrons. The zero-order chi connectivity index (χ0) is 11.5. The zero-order valence-electron chi connectivity index (χ0n) is 10.3. The van der Waals surface area contributed by atoms with Crippen LogP contribution in [0.15, 0.2) is 18.2 Å². The Morgan fingerprint density at radius 2 is 2.25 bits per heavy atom. The van der Waals surface area contributed by atoms with Crippen molar-refractivity contribution in [3.05, 3.63) is 33.5 Å². The van der Waals surface area contributed by atoms with E-state index >= 15 is 0 Å². The van der Waals surface area contributed by atoms with Crippen molar-refractivity contribution in [2.24, 2.45) is 0 Å². The van der Waals surface area contributed by atoms with Crippen molar-refractivity contribution in [2.45, 2.75) is 45.6 Å². The lowest BCUT2D eigenvalue weighted by Gasteiger charge is -2.16. The van der Waals surface area contributed by atoms with E-state index in [1.807, 2.05) is 11.3 Å². The van der Waals surface area contributed by atoms with Crippen molar-refractivity contribution in [1.82, 2.24) is 5.32 Å². The Bertz CT molecular complexity index is 355. The Hall–Kier alpha value is -0.600. The molecule has 2 heteroatoms. The van der Waals surface area contributed by atoms with Crippen molar-refractivity contribution in [3.63, 3.8) is 0 Å². The van der Waals surface area contributed by atoms with Crippen LogP contribution in [-0.4, -0.2) is 6.54 Å². The molecule has 0 bridgehead atoms. The summed E-state index contributed by atoms with van der Waals surface area (Å²) in [6.45, 7) is 9.37. The molecule has 1 atom stereocenters. The topological polar surface area (TPSA) is 12.0 Å². The molecule has 0 fully saturated rings. The highest BCUT2D eigenvalue weighted by Gasteiger charge is 2.18. The average Bonchev–Trinajstić information content (AvgIpc) is 2.68. The molecule has 88 valence electrons. The van der Waals surface area contributed by atoms with E-state index in [4.69, 9.17) is 0 Å². The molecule has 1 aliphatic rings. The van der Waals surface area contributed by atoms with Gasteiger partial charge >= 0.3 is 0 Å². The monoisotopic (exact) mass is 235 g/mol. The normalized spacial score (nSPS) is 16.9. The van der Waals surface area contributed by atoms with Gasteiger partial charge in [0.05, 0.1) is 6.04 Å². The van der Waals surface area contributed by atoms with Gasteiger partial charge in [-0.2, -0.15) is 0 Å². The van der Waals surface area contributed by atoms with Gasteiger partial charge in [-0.3, -0.25) is 0 Å². The minimum atomic E-state index is 0.362. The maximum atomic E-state index is 4.10. The van der Waals surface area contributed by atoms with E-state index in [0.717, 1.165) is 6.54 Å². The summed E-state index contributed by atoms with van der Waals surface area (Å²) >= 11 is 1.99. The van der Waals surface area contributed by atoms with E-state index in [-0.39, 0.29) is 0 Å². The summed E-state index contributed by atoms with van der Waals surface area (Å²) in [5, 5.41) is 3.52. The molecule has 1 nitrogen and oxygen atoms in total. The first-order valence-corrected chi connectivity index (χ1v) is 7.04.